The fourth-order valence-electron chi connectivity index (χ4n) is 2.72. The summed E-state index contributed by atoms with van der Waals surface area (Å²) >= 11 is 0. The lowest BCUT2D eigenvalue weighted by molar-refractivity contribution is 0.261. The first-order valence-electron chi connectivity index (χ1n) is 5.79. The molecule has 2 N–H and O–H groups in total. The van der Waals surface area contributed by atoms with Crippen molar-refractivity contribution in [3.8, 4) is 0 Å². The van der Waals surface area contributed by atoms with Crippen LogP contribution < -0.4 is 5.73 Å². The van der Waals surface area contributed by atoms with E-state index in [0.717, 1.165) is 13.0 Å². The zero-order valence-corrected chi connectivity index (χ0v) is 9.66. The number of nitrogens with zero attached hydrogens (tertiary/aromatic N) is 1. The van der Waals surface area contributed by atoms with Crippen molar-refractivity contribution >= 4 is 0 Å². The molecular formula is C13H20N2. The van der Waals surface area contributed by atoms with Crippen LogP contribution in [0, 0.1) is 5.41 Å². The van der Waals surface area contributed by atoms with Crippen LogP contribution in [0.2, 0.25) is 0 Å². The van der Waals surface area contributed by atoms with Crippen molar-refractivity contribution in [2.75, 3.05) is 6.54 Å². The quantitative estimate of drug-likeness (QED) is 0.821. The van der Waals surface area contributed by atoms with Crippen molar-refractivity contribution in [1.82, 2.24) is 4.98 Å². The zero-order valence-electron chi connectivity index (χ0n) is 9.66. The van der Waals surface area contributed by atoms with Crippen molar-refractivity contribution in [2.24, 2.45) is 11.1 Å². The average Bonchev–Trinajstić information content (AvgIpc) is 2.61. The molecule has 0 saturated carbocycles. The molecule has 0 radical (unpaired) electrons. The molecule has 1 aliphatic rings. The summed E-state index contributed by atoms with van der Waals surface area (Å²) in [5.41, 5.74) is 8.72. The molecule has 0 bridgehead atoms. The van der Waals surface area contributed by atoms with Crippen LogP contribution in [0.3, 0.4) is 0 Å². The fourth-order valence-corrected chi connectivity index (χ4v) is 2.72. The van der Waals surface area contributed by atoms with Gasteiger partial charge in [0.2, 0.25) is 0 Å². The number of hydrogen-bond acceptors (Lipinski definition) is 2. The summed E-state index contributed by atoms with van der Waals surface area (Å²) in [5.74, 6) is 0.595. The predicted molar refractivity (Wildman–Crippen MR) is 62.8 cm³/mol. The number of nitrogens with two attached hydrogens (primary N) is 1. The van der Waals surface area contributed by atoms with Gasteiger partial charge < -0.3 is 5.73 Å². The second kappa shape index (κ2) is 3.93. The Bertz CT molecular complexity index is 344. The highest BCUT2D eigenvalue weighted by atomic mass is 14.7. The third-order valence-electron chi connectivity index (χ3n) is 3.69. The van der Waals surface area contributed by atoms with E-state index in [9.17, 15) is 0 Å². The van der Waals surface area contributed by atoms with E-state index in [4.69, 9.17) is 5.73 Å². The van der Waals surface area contributed by atoms with Gasteiger partial charge in [0, 0.05) is 17.8 Å². The Morgan fingerprint density at radius 2 is 2.33 bits per heavy atom. The van der Waals surface area contributed by atoms with Gasteiger partial charge in [-0.05, 0) is 42.9 Å². The Morgan fingerprint density at radius 1 is 1.53 bits per heavy atom. The van der Waals surface area contributed by atoms with Gasteiger partial charge in [0.15, 0.2) is 0 Å². The highest BCUT2D eigenvalue weighted by Crippen LogP contribution is 2.45. The summed E-state index contributed by atoms with van der Waals surface area (Å²) < 4.78 is 0. The lowest BCUT2D eigenvalue weighted by atomic mass is 9.75. The molecule has 1 aliphatic carbocycles. The van der Waals surface area contributed by atoms with Crippen LogP contribution in [-0.4, -0.2) is 11.5 Å². The van der Waals surface area contributed by atoms with Crippen molar-refractivity contribution in [2.45, 2.75) is 39.0 Å². The Kier molecular flexibility index (Phi) is 2.79. The molecular weight excluding hydrogens is 184 g/mol. The fraction of sp³-hybridized carbons (Fsp3) is 0.615. The second-order valence-corrected chi connectivity index (χ2v) is 5.17. The minimum Gasteiger partial charge on any atom is -0.330 e. The summed E-state index contributed by atoms with van der Waals surface area (Å²) in [4.78, 5) is 4.55. The molecule has 2 nitrogen and oxygen atoms in total. The van der Waals surface area contributed by atoms with Crippen molar-refractivity contribution < 1.29 is 0 Å². The first kappa shape index (κ1) is 10.6. The van der Waals surface area contributed by atoms with Crippen LogP contribution in [0.1, 0.15) is 43.9 Å². The van der Waals surface area contributed by atoms with E-state index in [1.165, 1.54) is 24.1 Å². The van der Waals surface area contributed by atoms with Crippen LogP contribution in [0.5, 0.6) is 0 Å². The third-order valence-corrected chi connectivity index (χ3v) is 3.69. The van der Waals surface area contributed by atoms with E-state index in [-0.39, 0.29) is 5.41 Å². The average molecular weight is 204 g/mol. The van der Waals surface area contributed by atoms with Gasteiger partial charge in [-0.15, -0.1) is 0 Å². The van der Waals surface area contributed by atoms with E-state index in [0.29, 0.717) is 5.92 Å². The first-order chi connectivity index (χ1) is 7.15. The lowest BCUT2D eigenvalue weighted by Gasteiger charge is -2.31. The summed E-state index contributed by atoms with van der Waals surface area (Å²) in [6, 6.07) is 4.25. The molecule has 82 valence electrons. The molecule has 1 atom stereocenters. The smallest absolute Gasteiger partial charge is 0.0471 e. The van der Waals surface area contributed by atoms with Gasteiger partial charge in [0.25, 0.3) is 0 Å². The standard InChI is InChI=1S/C13H20N2/c1-13(2,7-8-14)11-6-5-10-4-3-9-15-12(10)11/h3-4,9,11H,5-8,14H2,1-2H3. The van der Waals surface area contributed by atoms with E-state index < -0.39 is 0 Å². The number of aromatic nitrogens is 1. The SMILES string of the molecule is CC(C)(CCN)C1CCc2cccnc21. The van der Waals surface area contributed by atoms with Gasteiger partial charge in [0.1, 0.15) is 0 Å². The van der Waals surface area contributed by atoms with Gasteiger partial charge in [-0.2, -0.15) is 0 Å². The number of pyridine rings is 1. The van der Waals surface area contributed by atoms with Gasteiger partial charge in [-0.3, -0.25) is 4.98 Å². The van der Waals surface area contributed by atoms with Gasteiger partial charge in [-0.1, -0.05) is 19.9 Å². The number of rotatable bonds is 3. The van der Waals surface area contributed by atoms with E-state index in [1.807, 2.05) is 12.3 Å². The normalized spacial score (nSPS) is 20.3. The number of fused-ring (bicyclic) bond motifs is 1. The van der Waals surface area contributed by atoms with Crippen LogP contribution in [0.25, 0.3) is 0 Å². The Hall–Kier alpha value is -0.890. The molecule has 0 fully saturated rings. The predicted octanol–water partition coefficient (Wildman–Crippen LogP) is 2.49. The maximum Gasteiger partial charge on any atom is 0.0471 e. The Morgan fingerprint density at radius 3 is 3.07 bits per heavy atom. The van der Waals surface area contributed by atoms with Crippen molar-refractivity contribution in [3.05, 3.63) is 29.6 Å². The molecule has 2 heteroatoms. The number of aryl methyl sites for hydroxylation is 1. The highest BCUT2D eigenvalue weighted by Gasteiger charge is 2.35. The zero-order chi connectivity index (χ0) is 10.9. The van der Waals surface area contributed by atoms with Crippen molar-refractivity contribution in [1.29, 1.82) is 0 Å². The molecule has 0 aromatic carbocycles. The van der Waals surface area contributed by atoms with Crippen LogP contribution >= 0.6 is 0 Å². The molecule has 15 heavy (non-hydrogen) atoms. The Labute approximate surface area is 91.9 Å². The number of hydrogen-bond donors (Lipinski definition) is 1. The molecule has 0 amide bonds. The summed E-state index contributed by atoms with van der Waals surface area (Å²) in [5, 5.41) is 0. The topological polar surface area (TPSA) is 38.9 Å². The minimum atomic E-state index is 0.286. The Balaban J connectivity index is 2.27. The second-order valence-electron chi connectivity index (χ2n) is 5.17. The van der Waals surface area contributed by atoms with E-state index >= 15 is 0 Å². The van der Waals surface area contributed by atoms with Crippen molar-refractivity contribution in [3.63, 3.8) is 0 Å². The first-order valence-corrected chi connectivity index (χ1v) is 5.79. The molecule has 1 heterocycles. The summed E-state index contributed by atoms with van der Waals surface area (Å²) in [6.45, 7) is 5.40. The van der Waals surface area contributed by atoms with Crippen LogP contribution in [0.15, 0.2) is 18.3 Å². The molecule has 1 unspecified atom stereocenters. The molecule has 0 spiro atoms. The maximum atomic E-state index is 5.68. The largest absolute Gasteiger partial charge is 0.330 e. The molecule has 2 rings (SSSR count). The van der Waals surface area contributed by atoms with E-state index in [2.05, 4.69) is 24.9 Å². The monoisotopic (exact) mass is 204 g/mol. The van der Waals surface area contributed by atoms with Crippen LogP contribution in [0.4, 0.5) is 0 Å². The molecule has 0 saturated heterocycles. The van der Waals surface area contributed by atoms with E-state index in [1.54, 1.807) is 0 Å². The lowest BCUT2D eigenvalue weighted by Crippen LogP contribution is -2.24. The van der Waals surface area contributed by atoms with Gasteiger partial charge in [0.05, 0.1) is 0 Å². The summed E-state index contributed by atoms with van der Waals surface area (Å²) in [6.07, 6.45) is 5.41. The maximum absolute atomic E-state index is 5.68. The molecule has 1 aromatic heterocycles. The molecule has 0 aliphatic heterocycles. The highest BCUT2D eigenvalue weighted by molar-refractivity contribution is 5.30. The molecule has 1 aromatic rings. The third kappa shape index (κ3) is 1.91. The minimum absolute atomic E-state index is 0.286. The summed E-state index contributed by atoms with van der Waals surface area (Å²) in [7, 11) is 0. The van der Waals surface area contributed by atoms with Gasteiger partial charge >= 0.3 is 0 Å². The van der Waals surface area contributed by atoms with Gasteiger partial charge in [-0.25, -0.2) is 0 Å². The van der Waals surface area contributed by atoms with Crippen LogP contribution in [-0.2, 0) is 6.42 Å².